The van der Waals surface area contributed by atoms with Crippen molar-refractivity contribution < 1.29 is 9.53 Å². The van der Waals surface area contributed by atoms with Crippen LogP contribution in [-0.2, 0) is 6.42 Å². The second-order valence-electron chi connectivity index (χ2n) is 7.89. The number of hydrogen-bond donors (Lipinski definition) is 2. The lowest BCUT2D eigenvalue weighted by molar-refractivity contribution is 0.0947. The fraction of sp³-hybridized carbons (Fsp3) is 0.292. The topological polar surface area (TPSA) is 111 Å². The molecule has 0 radical (unpaired) electrons. The molecule has 0 aliphatic carbocycles. The van der Waals surface area contributed by atoms with Gasteiger partial charge in [-0.2, -0.15) is 10.3 Å². The number of aromatic amines is 1. The minimum Gasteiger partial charge on any atom is -0.494 e. The van der Waals surface area contributed by atoms with Gasteiger partial charge in [0.2, 0.25) is 0 Å². The zero-order valence-electron chi connectivity index (χ0n) is 19.4. The van der Waals surface area contributed by atoms with Gasteiger partial charge >= 0.3 is 0 Å². The highest BCUT2D eigenvalue weighted by Crippen LogP contribution is 2.33. The standard InChI is InChI=1S/C24H25Cl2N7O2/c1-3-13-35-18-10-11-20(19(26)14-18)33-23(16-6-8-17(25)9-7-16)15(2)22(30-33)24(34)27-12-4-5-21-28-31-32-29-21/h6-11,14H,3-5,12-13H2,1-2H3,(H,27,34)(H,28,29,31,32). The molecule has 11 heteroatoms. The molecule has 0 saturated carbocycles. The zero-order chi connectivity index (χ0) is 24.8. The Hall–Kier alpha value is -3.43. The number of hydrogen-bond acceptors (Lipinski definition) is 6. The van der Waals surface area contributed by atoms with Gasteiger partial charge in [-0.15, -0.1) is 10.2 Å². The van der Waals surface area contributed by atoms with E-state index in [1.165, 1.54) is 0 Å². The molecule has 2 aromatic carbocycles. The average Bonchev–Trinajstić information content (AvgIpc) is 3.49. The van der Waals surface area contributed by atoms with Crippen LogP contribution in [0.5, 0.6) is 5.75 Å². The molecule has 0 atom stereocenters. The maximum absolute atomic E-state index is 13.1. The van der Waals surface area contributed by atoms with Gasteiger partial charge in [-0.25, -0.2) is 4.68 Å². The Kier molecular flexibility index (Phi) is 7.99. The second kappa shape index (κ2) is 11.3. The summed E-state index contributed by atoms with van der Waals surface area (Å²) in [6.45, 7) is 4.96. The number of nitrogens with one attached hydrogen (secondary N) is 2. The van der Waals surface area contributed by atoms with Crippen molar-refractivity contribution in [1.82, 2.24) is 35.7 Å². The summed E-state index contributed by atoms with van der Waals surface area (Å²) in [6, 6.07) is 12.8. The van der Waals surface area contributed by atoms with Gasteiger partial charge in [-0.3, -0.25) is 4.79 Å². The third kappa shape index (κ3) is 5.80. The Bertz CT molecular complexity index is 1290. The number of aryl methyl sites for hydroxylation is 1. The molecular formula is C24H25Cl2N7O2. The lowest BCUT2D eigenvalue weighted by atomic mass is 10.1. The quantitative estimate of drug-likeness (QED) is 0.294. The Balaban J connectivity index is 1.64. The Morgan fingerprint density at radius 1 is 1.17 bits per heavy atom. The smallest absolute Gasteiger partial charge is 0.272 e. The van der Waals surface area contributed by atoms with Gasteiger partial charge < -0.3 is 10.1 Å². The van der Waals surface area contributed by atoms with Crippen LogP contribution in [0.25, 0.3) is 16.9 Å². The predicted octanol–water partition coefficient (Wildman–Crippen LogP) is 4.82. The SMILES string of the molecule is CCCOc1ccc(-n2nc(C(=O)NCCCc3nn[nH]n3)c(C)c2-c2ccc(Cl)cc2)c(Cl)c1. The monoisotopic (exact) mass is 513 g/mol. The minimum atomic E-state index is -0.274. The molecule has 4 rings (SSSR count). The largest absolute Gasteiger partial charge is 0.494 e. The van der Waals surface area contributed by atoms with E-state index in [-0.39, 0.29) is 5.91 Å². The van der Waals surface area contributed by atoms with Gasteiger partial charge in [0.15, 0.2) is 11.5 Å². The summed E-state index contributed by atoms with van der Waals surface area (Å²) >= 11 is 12.7. The lowest BCUT2D eigenvalue weighted by Crippen LogP contribution is -2.26. The molecule has 35 heavy (non-hydrogen) atoms. The highest BCUT2D eigenvalue weighted by molar-refractivity contribution is 6.32. The summed E-state index contributed by atoms with van der Waals surface area (Å²) in [4.78, 5) is 13.1. The van der Waals surface area contributed by atoms with Gasteiger partial charge in [0.25, 0.3) is 5.91 Å². The van der Waals surface area contributed by atoms with E-state index in [1.807, 2.05) is 38.1 Å². The summed E-state index contributed by atoms with van der Waals surface area (Å²) in [5.41, 5.74) is 3.29. The molecule has 0 bridgehead atoms. The summed E-state index contributed by atoms with van der Waals surface area (Å²) < 4.78 is 7.39. The van der Waals surface area contributed by atoms with Crippen molar-refractivity contribution in [3.05, 3.63) is 69.6 Å². The van der Waals surface area contributed by atoms with Crippen LogP contribution >= 0.6 is 23.2 Å². The normalized spacial score (nSPS) is 11.0. The fourth-order valence-corrected chi connectivity index (χ4v) is 4.00. The summed E-state index contributed by atoms with van der Waals surface area (Å²) in [7, 11) is 0. The van der Waals surface area contributed by atoms with E-state index in [0.29, 0.717) is 59.0 Å². The number of nitrogens with zero attached hydrogens (tertiary/aromatic N) is 5. The number of amides is 1. The Labute approximate surface area is 212 Å². The molecule has 0 spiro atoms. The molecule has 0 saturated heterocycles. The summed E-state index contributed by atoms with van der Waals surface area (Å²) in [5.74, 6) is 1.01. The van der Waals surface area contributed by atoms with Crippen molar-refractivity contribution in [2.45, 2.75) is 33.1 Å². The van der Waals surface area contributed by atoms with E-state index >= 15 is 0 Å². The Morgan fingerprint density at radius 3 is 2.66 bits per heavy atom. The van der Waals surface area contributed by atoms with Crippen LogP contribution in [0.2, 0.25) is 10.0 Å². The van der Waals surface area contributed by atoms with Crippen molar-refractivity contribution in [2.24, 2.45) is 0 Å². The van der Waals surface area contributed by atoms with Gasteiger partial charge in [0.1, 0.15) is 5.75 Å². The number of ether oxygens (including phenoxy) is 1. The number of tetrazole rings is 1. The van der Waals surface area contributed by atoms with E-state index in [0.717, 1.165) is 23.2 Å². The van der Waals surface area contributed by atoms with Gasteiger partial charge in [-0.05, 0) is 44.0 Å². The highest BCUT2D eigenvalue weighted by atomic mass is 35.5. The van der Waals surface area contributed by atoms with Crippen LogP contribution in [0.1, 0.15) is 41.6 Å². The number of H-pyrrole nitrogens is 1. The van der Waals surface area contributed by atoms with Gasteiger partial charge in [0.05, 0.1) is 23.0 Å². The number of carbonyl (C=O) groups excluding carboxylic acids is 1. The highest BCUT2D eigenvalue weighted by Gasteiger charge is 2.23. The third-order valence-corrected chi connectivity index (χ3v) is 5.88. The molecule has 2 N–H and O–H groups in total. The number of rotatable bonds is 10. The van der Waals surface area contributed by atoms with Gasteiger partial charge in [-0.1, -0.05) is 47.5 Å². The molecule has 0 unspecified atom stereocenters. The van der Waals surface area contributed by atoms with Crippen LogP contribution < -0.4 is 10.1 Å². The van der Waals surface area contributed by atoms with E-state index in [9.17, 15) is 4.79 Å². The average molecular weight is 514 g/mol. The number of benzene rings is 2. The molecule has 4 aromatic rings. The van der Waals surface area contributed by atoms with Crippen LogP contribution in [0.4, 0.5) is 0 Å². The van der Waals surface area contributed by atoms with Crippen molar-refractivity contribution in [3.8, 4) is 22.7 Å². The van der Waals surface area contributed by atoms with E-state index in [1.54, 1.807) is 22.9 Å². The predicted molar refractivity (Wildman–Crippen MR) is 134 cm³/mol. The van der Waals surface area contributed by atoms with Crippen molar-refractivity contribution in [2.75, 3.05) is 13.2 Å². The van der Waals surface area contributed by atoms with Crippen molar-refractivity contribution >= 4 is 29.1 Å². The van der Waals surface area contributed by atoms with Crippen LogP contribution in [0, 0.1) is 6.92 Å². The first-order valence-corrected chi connectivity index (χ1v) is 12.0. The second-order valence-corrected chi connectivity index (χ2v) is 8.73. The molecule has 1 amide bonds. The lowest BCUT2D eigenvalue weighted by Gasteiger charge is -2.12. The van der Waals surface area contributed by atoms with Crippen LogP contribution in [0.15, 0.2) is 42.5 Å². The molecular weight excluding hydrogens is 489 g/mol. The van der Waals surface area contributed by atoms with Crippen molar-refractivity contribution in [1.29, 1.82) is 0 Å². The fourth-order valence-electron chi connectivity index (χ4n) is 3.62. The maximum atomic E-state index is 13.1. The molecule has 2 aromatic heterocycles. The number of halogens is 2. The zero-order valence-corrected chi connectivity index (χ0v) is 20.9. The number of carbonyl (C=O) groups is 1. The molecule has 0 aliphatic rings. The number of aromatic nitrogens is 6. The molecule has 2 heterocycles. The molecule has 182 valence electrons. The molecule has 0 fully saturated rings. The van der Waals surface area contributed by atoms with E-state index in [4.69, 9.17) is 27.9 Å². The first-order chi connectivity index (χ1) is 17.0. The third-order valence-electron chi connectivity index (χ3n) is 5.33. The summed E-state index contributed by atoms with van der Waals surface area (Å²) in [5, 5.41) is 22.5. The van der Waals surface area contributed by atoms with Gasteiger partial charge in [0, 0.05) is 35.2 Å². The summed E-state index contributed by atoms with van der Waals surface area (Å²) in [6.07, 6.45) is 2.16. The molecule has 0 aliphatic heterocycles. The van der Waals surface area contributed by atoms with Crippen LogP contribution in [-0.4, -0.2) is 49.5 Å². The van der Waals surface area contributed by atoms with E-state index < -0.39 is 0 Å². The van der Waals surface area contributed by atoms with Crippen LogP contribution in [0.3, 0.4) is 0 Å². The first-order valence-electron chi connectivity index (χ1n) is 11.3. The van der Waals surface area contributed by atoms with Crippen molar-refractivity contribution in [3.63, 3.8) is 0 Å². The molecule has 9 nitrogen and oxygen atoms in total. The maximum Gasteiger partial charge on any atom is 0.272 e. The minimum absolute atomic E-state index is 0.274. The van der Waals surface area contributed by atoms with E-state index in [2.05, 4.69) is 31.0 Å². The Morgan fingerprint density at radius 2 is 1.97 bits per heavy atom. The first kappa shape index (κ1) is 24.7.